The Morgan fingerprint density at radius 1 is 1.03 bits per heavy atom. The normalized spacial score (nSPS) is 12.2. The van der Waals surface area contributed by atoms with Gasteiger partial charge in [-0.25, -0.2) is 4.99 Å². The van der Waals surface area contributed by atoms with E-state index in [-0.39, 0.29) is 29.1 Å². The fourth-order valence-corrected chi connectivity index (χ4v) is 2.83. The van der Waals surface area contributed by atoms with Gasteiger partial charge in [-0.2, -0.15) is 0 Å². The van der Waals surface area contributed by atoms with Crippen molar-refractivity contribution in [1.82, 2.24) is 5.32 Å². The van der Waals surface area contributed by atoms with Crippen LogP contribution in [-0.2, 0) is 6.54 Å². The standard InChI is InChI=1S/C22H15F3N2O4/c23-22(24,25)31-16-9-7-15(8-10-16)27-21-18(12-14-4-1-2-6-19(14)30-21)20(28)26-13-17-5-3-11-29-17/h1-12H,13H2,(H,26,28). The quantitative estimate of drug-likeness (QED) is 0.481. The highest BCUT2D eigenvalue weighted by atomic mass is 19.4. The van der Waals surface area contributed by atoms with Gasteiger partial charge in [0.15, 0.2) is 0 Å². The number of ether oxygens (including phenoxy) is 1. The maximum atomic E-state index is 12.8. The number of nitrogens with one attached hydrogen (secondary N) is 1. The van der Waals surface area contributed by atoms with E-state index in [2.05, 4.69) is 15.0 Å². The third-order valence-electron chi connectivity index (χ3n) is 4.20. The fraction of sp³-hybridized carbons (Fsp3) is 0.0909. The molecule has 0 saturated heterocycles. The number of hydrogen-bond acceptors (Lipinski definition) is 5. The number of fused-ring (bicyclic) bond motifs is 1. The van der Waals surface area contributed by atoms with Gasteiger partial charge in [0, 0.05) is 5.39 Å². The summed E-state index contributed by atoms with van der Waals surface area (Å²) >= 11 is 0. The van der Waals surface area contributed by atoms with E-state index in [1.165, 1.54) is 18.4 Å². The Hall–Kier alpha value is -4.01. The van der Waals surface area contributed by atoms with Crippen molar-refractivity contribution < 1.29 is 31.5 Å². The van der Waals surface area contributed by atoms with Gasteiger partial charge in [-0.05, 0) is 48.5 Å². The first-order chi connectivity index (χ1) is 14.9. The molecule has 9 heteroatoms. The predicted octanol–water partition coefficient (Wildman–Crippen LogP) is 5.09. The number of furan rings is 1. The summed E-state index contributed by atoms with van der Waals surface area (Å²) in [4.78, 5) is 17.1. The molecule has 2 heterocycles. The maximum absolute atomic E-state index is 12.8. The molecule has 0 spiro atoms. The van der Waals surface area contributed by atoms with E-state index in [4.69, 9.17) is 8.83 Å². The summed E-state index contributed by atoms with van der Waals surface area (Å²) in [7, 11) is 0. The molecular weight excluding hydrogens is 413 g/mol. The molecule has 0 bridgehead atoms. The summed E-state index contributed by atoms with van der Waals surface area (Å²) in [6.07, 6.45) is -3.29. The lowest BCUT2D eigenvalue weighted by atomic mass is 10.1. The zero-order valence-corrected chi connectivity index (χ0v) is 15.8. The van der Waals surface area contributed by atoms with E-state index >= 15 is 0 Å². The summed E-state index contributed by atoms with van der Waals surface area (Å²) in [6.45, 7) is 0.168. The highest BCUT2D eigenvalue weighted by molar-refractivity contribution is 5.96. The van der Waals surface area contributed by atoms with Gasteiger partial charge in [-0.15, -0.1) is 13.2 Å². The van der Waals surface area contributed by atoms with Crippen molar-refractivity contribution in [3.05, 3.63) is 89.9 Å². The lowest BCUT2D eigenvalue weighted by Gasteiger charge is -2.08. The molecule has 0 radical (unpaired) electrons. The summed E-state index contributed by atoms with van der Waals surface area (Å²) in [6, 6.07) is 17.1. The van der Waals surface area contributed by atoms with Crippen LogP contribution >= 0.6 is 0 Å². The highest BCUT2D eigenvalue weighted by Gasteiger charge is 2.30. The number of nitrogens with zero attached hydrogens (tertiary/aromatic N) is 1. The van der Waals surface area contributed by atoms with Gasteiger partial charge in [0.25, 0.3) is 5.91 Å². The SMILES string of the molecule is O=C(NCc1ccco1)c1cc2ccccc2oc1=Nc1ccc(OC(F)(F)F)cc1. The Morgan fingerprint density at radius 2 is 1.81 bits per heavy atom. The fourth-order valence-electron chi connectivity index (χ4n) is 2.83. The largest absolute Gasteiger partial charge is 0.573 e. The zero-order chi connectivity index (χ0) is 21.8. The van der Waals surface area contributed by atoms with Crippen LogP contribution < -0.4 is 15.6 Å². The molecule has 158 valence electrons. The molecule has 6 nitrogen and oxygen atoms in total. The number of hydrogen-bond donors (Lipinski definition) is 1. The first-order valence-corrected chi connectivity index (χ1v) is 9.11. The van der Waals surface area contributed by atoms with E-state index in [0.717, 1.165) is 12.1 Å². The Balaban J connectivity index is 1.69. The van der Waals surface area contributed by atoms with Crippen molar-refractivity contribution in [2.24, 2.45) is 4.99 Å². The lowest BCUT2D eigenvalue weighted by Crippen LogP contribution is -2.28. The van der Waals surface area contributed by atoms with E-state index < -0.39 is 12.3 Å². The van der Waals surface area contributed by atoms with Crippen molar-refractivity contribution in [2.45, 2.75) is 12.9 Å². The molecule has 0 aliphatic heterocycles. The van der Waals surface area contributed by atoms with Crippen LogP contribution in [0.15, 0.2) is 86.8 Å². The molecule has 31 heavy (non-hydrogen) atoms. The van der Waals surface area contributed by atoms with Gasteiger partial charge in [0.2, 0.25) is 5.55 Å². The van der Waals surface area contributed by atoms with Crippen LogP contribution in [0.5, 0.6) is 5.75 Å². The Labute approximate surface area is 173 Å². The molecule has 0 aliphatic rings. The number of alkyl halides is 3. The molecule has 1 N–H and O–H groups in total. The first kappa shape index (κ1) is 20.3. The molecule has 4 aromatic rings. The van der Waals surface area contributed by atoms with Gasteiger partial charge >= 0.3 is 6.36 Å². The summed E-state index contributed by atoms with van der Waals surface area (Å²) in [5.41, 5.74) is 0.968. The molecular formula is C22H15F3N2O4. The Morgan fingerprint density at radius 3 is 2.52 bits per heavy atom. The van der Waals surface area contributed by atoms with Crippen LogP contribution in [0.25, 0.3) is 11.0 Å². The smallest absolute Gasteiger partial charge is 0.467 e. The van der Waals surface area contributed by atoms with Crippen LogP contribution in [0.3, 0.4) is 0 Å². The molecule has 4 rings (SSSR count). The third kappa shape index (κ3) is 5.13. The van der Waals surface area contributed by atoms with Crippen molar-refractivity contribution in [3.63, 3.8) is 0 Å². The van der Waals surface area contributed by atoms with Crippen LogP contribution in [-0.4, -0.2) is 12.3 Å². The number of benzene rings is 2. The zero-order valence-electron chi connectivity index (χ0n) is 15.8. The molecule has 2 aromatic carbocycles. The topological polar surface area (TPSA) is 77.0 Å². The van der Waals surface area contributed by atoms with Crippen LogP contribution in [0.1, 0.15) is 16.1 Å². The second kappa shape index (κ2) is 8.39. The summed E-state index contributed by atoms with van der Waals surface area (Å²) in [5, 5.41) is 3.42. The van der Waals surface area contributed by atoms with Gasteiger partial charge in [-0.3, -0.25) is 4.79 Å². The molecule has 1 amide bonds. The number of carbonyl (C=O) groups is 1. The monoisotopic (exact) mass is 428 g/mol. The van der Waals surface area contributed by atoms with Crippen molar-refractivity contribution in [3.8, 4) is 5.75 Å². The molecule has 2 aromatic heterocycles. The minimum atomic E-state index is -4.79. The second-order valence-electron chi connectivity index (χ2n) is 6.42. The van der Waals surface area contributed by atoms with E-state index in [1.807, 2.05) is 0 Å². The van der Waals surface area contributed by atoms with Crippen LogP contribution in [0.4, 0.5) is 18.9 Å². The molecule has 0 fully saturated rings. The summed E-state index contributed by atoms with van der Waals surface area (Å²) < 4.78 is 51.9. The van der Waals surface area contributed by atoms with Crippen molar-refractivity contribution >= 4 is 22.6 Å². The molecule has 0 atom stereocenters. The van der Waals surface area contributed by atoms with E-state index in [1.54, 1.807) is 42.5 Å². The van der Waals surface area contributed by atoms with Crippen molar-refractivity contribution in [1.29, 1.82) is 0 Å². The summed E-state index contributed by atoms with van der Waals surface area (Å²) in [5.74, 6) is -0.246. The first-order valence-electron chi connectivity index (χ1n) is 9.11. The molecule has 0 saturated carbocycles. The average Bonchev–Trinajstić information content (AvgIpc) is 3.25. The minimum Gasteiger partial charge on any atom is -0.467 e. The minimum absolute atomic E-state index is 0.0140. The van der Waals surface area contributed by atoms with Crippen LogP contribution in [0, 0.1) is 0 Å². The third-order valence-corrected chi connectivity index (χ3v) is 4.20. The number of para-hydroxylation sites is 1. The second-order valence-corrected chi connectivity index (χ2v) is 6.42. The van der Waals surface area contributed by atoms with Gasteiger partial charge in [0.05, 0.1) is 18.5 Å². The Bertz CT molecular complexity index is 1260. The predicted molar refractivity (Wildman–Crippen MR) is 104 cm³/mol. The average molecular weight is 428 g/mol. The van der Waals surface area contributed by atoms with E-state index in [9.17, 15) is 18.0 Å². The highest BCUT2D eigenvalue weighted by Crippen LogP contribution is 2.25. The number of carbonyl (C=O) groups excluding carboxylic acids is 1. The van der Waals surface area contributed by atoms with Crippen molar-refractivity contribution in [2.75, 3.05) is 0 Å². The number of halogens is 3. The van der Waals surface area contributed by atoms with Gasteiger partial charge in [-0.1, -0.05) is 18.2 Å². The van der Waals surface area contributed by atoms with E-state index in [0.29, 0.717) is 16.7 Å². The molecule has 0 unspecified atom stereocenters. The van der Waals surface area contributed by atoms with Gasteiger partial charge in [0.1, 0.15) is 22.7 Å². The lowest BCUT2D eigenvalue weighted by molar-refractivity contribution is -0.274. The molecule has 0 aliphatic carbocycles. The Kier molecular flexibility index (Phi) is 5.48. The number of rotatable bonds is 5. The number of amides is 1. The van der Waals surface area contributed by atoms with Crippen LogP contribution in [0.2, 0.25) is 0 Å². The maximum Gasteiger partial charge on any atom is 0.573 e. The van der Waals surface area contributed by atoms with Gasteiger partial charge < -0.3 is 18.9 Å².